The van der Waals surface area contributed by atoms with E-state index in [1.165, 1.54) is 0 Å². The second-order valence-electron chi connectivity index (χ2n) is 7.26. The molecule has 170 valence electrons. The molecular weight excluding hydrogens is 424 g/mol. The first kappa shape index (κ1) is 26.0. The van der Waals surface area contributed by atoms with E-state index in [1.54, 1.807) is 0 Å². The van der Waals surface area contributed by atoms with E-state index >= 15 is 0 Å². The number of hydrogen-bond acceptors (Lipinski definition) is 7. The van der Waals surface area contributed by atoms with Crippen molar-refractivity contribution in [3.8, 4) is 0 Å². The second-order valence-corrected chi connectivity index (χ2v) is 9.44. The lowest BCUT2D eigenvalue weighted by Gasteiger charge is -2.22. The second kappa shape index (κ2) is 11.9. The highest BCUT2D eigenvalue weighted by Gasteiger charge is 2.28. The molecule has 0 fully saturated rings. The molecule has 0 aliphatic carbocycles. The summed E-state index contributed by atoms with van der Waals surface area (Å²) in [6.45, 7) is 3.25. The summed E-state index contributed by atoms with van der Waals surface area (Å²) in [5.74, 6) is -3.22. The molecule has 1 aromatic carbocycles. The van der Waals surface area contributed by atoms with Gasteiger partial charge < -0.3 is 21.4 Å². The minimum absolute atomic E-state index is 0.0919. The molecule has 0 bridgehead atoms. The number of hydrogen-bond donors (Lipinski definition) is 4. The van der Waals surface area contributed by atoms with Crippen molar-refractivity contribution in [1.82, 2.24) is 16.0 Å². The molecule has 0 spiro atoms. The fourth-order valence-corrected chi connectivity index (χ4v) is 3.49. The van der Waals surface area contributed by atoms with Crippen LogP contribution in [0, 0.1) is 12.3 Å². The standard InChI is InChI=1S/C20H28N4O6S/c1-13-4-6-15(7-5-13)11-22-19(27)17(9-8-16(26)10-21)24-20(28)18(23-14(2)25)12-31(3,29)30/h4-7,10,17-18,21H,8-9,11-12H2,1-3H3,(H,22,27)(H,23,25)(H,24,28)/t17-,18-/m0/s1. The molecule has 0 unspecified atom stereocenters. The Labute approximate surface area is 181 Å². The van der Waals surface area contributed by atoms with Crippen LogP contribution >= 0.6 is 0 Å². The third-order valence-corrected chi connectivity index (χ3v) is 5.16. The van der Waals surface area contributed by atoms with Gasteiger partial charge in [0.25, 0.3) is 0 Å². The van der Waals surface area contributed by atoms with Crippen LogP contribution in [0.3, 0.4) is 0 Å². The van der Waals surface area contributed by atoms with Crippen LogP contribution in [0.4, 0.5) is 0 Å². The maximum Gasteiger partial charge on any atom is 0.244 e. The Hall–Kier alpha value is -3.08. The lowest BCUT2D eigenvalue weighted by atomic mass is 10.1. The molecule has 11 heteroatoms. The molecular formula is C20H28N4O6S. The smallest absolute Gasteiger partial charge is 0.244 e. The minimum atomic E-state index is -3.61. The molecule has 0 aliphatic rings. The van der Waals surface area contributed by atoms with Gasteiger partial charge in [0.05, 0.1) is 12.0 Å². The van der Waals surface area contributed by atoms with Crippen molar-refractivity contribution in [2.24, 2.45) is 0 Å². The molecule has 2 atom stereocenters. The molecule has 0 saturated heterocycles. The molecule has 1 aromatic rings. The average molecular weight is 453 g/mol. The van der Waals surface area contributed by atoms with Crippen molar-refractivity contribution in [2.75, 3.05) is 12.0 Å². The minimum Gasteiger partial charge on any atom is -0.350 e. The first-order valence-corrected chi connectivity index (χ1v) is 11.6. The van der Waals surface area contributed by atoms with Gasteiger partial charge in [-0.1, -0.05) is 29.8 Å². The Morgan fingerprint density at radius 3 is 2.16 bits per heavy atom. The summed E-state index contributed by atoms with van der Waals surface area (Å²) >= 11 is 0. The van der Waals surface area contributed by atoms with Crippen molar-refractivity contribution >= 4 is 39.6 Å². The Morgan fingerprint density at radius 2 is 1.65 bits per heavy atom. The van der Waals surface area contributed by atoms with Gasteiger partial charge in [-0.15, -0.1) is 0 Å². The normalized spacial score (nSPS) is 12.9. The zero-order valence-electron chi connectivity index (χ0n) is 17.7. The molecule has 4 N–H and O–H groups in total. The topological polar surface area (TPSA) is 162 Å². The van der Waals surface area contributed by atoms with E-state index in [-0.39, 0.29) is 19.4 Å². The number of benzene rings is 1. The first-order chi connectivity index (χ1) is 14.4. The van der Waals surface area contributed by atoms with E-state index in [1.807, 2.05) is 31.2 Å². The van der Waals surface area contributed by atoms with Crippen LogP contribution in [-0.2, 0) is 35.6 Å². The Morgan fingerprint density at radius 1 is 1.03 bits per heavy atom. The van der Waals surface area contributed by atoms with E-state index in [2.05, 4.69) is 16.0 Å². The Kier molecular flexibility index (Phi) is 10.00. The summed E-state index contributed by atoms with van der Waals surface area (Å²) in [5.41, 5.74) is 1.88. The third kappa shape index (κ3) is 10.5. The van der Waals surface area contributed by atoms with Crippen molar-refractivity contribution in [3.63, 3.8) is 0 Å². The van der Waals surface area contributed by atoms with Gasteiger partial charge in [0.2, 0.25) is 17.7 Å². The zero-order valence-corrected chi connectivity index (χ0v) is 18.5. The summed E-state index contributed by atoms with van der Waals surface area (Å²) in [7, 11) is -3.61. The molecule has 0 aliphatic heterocycles. The molecule has 0 saturated carbocycles. The lowest BCUT2D eigenvalue weighted by Crippen LogP contribution is -2.55. The maximum absolute atomic E-state index is 12.7. The molecule has 1 rings (SSSR count). The van der Waals surface area contributed by atoms with Crippen LogP contribution < -0.4 is 16.0 Å². The Balaban J connectivity index is 2.92. The number of Topliss-reactive ketones (excluding diaryl/α,β-unsaturated/α-hetero) is 1. The van der Waals surface area contributed by atoms with Crippen LogP contribution in [0.2, 0.25) is 0 Å². The molecule has 0 aromatic heterocycles. The monoisotopic (exact) mass is 452 g/mol. The number of rotatable bonds is 12. The van der Waals surface area contributed by atoms with Gasteiger partial charge in [0.1, 0.15) is 21.9 Å². The summed E-state index contributed by atoms with van der Waals surface area (Å²) in [6, 6.07) is 4.89. The average Bonchev–Trinajstić information content (AvgIpc) is 2.68. The molecule has 31 heavy (non-hydrogen) atoms. The van der Waals surface area contributed by atoms with Crippen LogP contribution in [0.1, 0.15) is 30.9 Å². The molecule has 10 nitrogen and oxygen atoms in total. The highest BCUT2D eigenvalue weighted by atomic mass is 32.2. The third-order valence-electron chi connectivity index (χ3n) is 4.22. The number of carbonyl (C=O) groups excluding carboxylic acids is 4. The fourth-order valence-electron chi connectivity index (χ4n) is 2.65. The predicted octanol–water partition coefficient (Wildman–Crippen LogP) is -0.356. The van der Waals surface area contributed by atoms with Gasteiger partial charge in [0, 0.05) is 26.1 Å². The van der Waals surface area contributed by atoms with Crippen molar-refractivity contribution < 1.29 is 27.6 Å². The Bertz CT molecular complexity index is 927. The predicted molar refractivity (Wildman–Crippen MR) is 115 cm³/mol. The molecule has 0 heterocycles. The van der Waals surface area contributed by atoms with E-state index < -0.39 is 51.2 Å². The van der Waals surface area contributed by atoms with E-state index in [9.17, 15) is 27.6 Å². The van der Waals surface area contributed by atoms with E-state index in [0.29, 0.717) is 6.21 Å². The summed E-state index contributed by atoms with van der Waals surface area (Å²) in [4.78, 5) is 48.1. The highest BCUT2D eigenvalue weighted by molar-refractivity contribution is 7.90. The van der Waals surface area contributed by atoms with Crippen LogP contribution in [0.5, 0.6) is 0 Å². The number of carbonyl (C=O) groups is 4. The van der Waals surface area contributed by atoms with Crippen molar-refractivity contribution in [3.05, 3.63) is 35.4 Å². The van der Waals surface area contributed by atoms with Crippen molar-refractivity contribution in [2.45, 2.75) is 45.3 Å². The molecule has 3 amide bonds. The summed E-state index contributed by atoms with van der Waals surface area (Å²) in [5, 5.41) is 14.3. The van der Waals surface area contributed by atoms with Crippen molar-refractivity contribution in [1.29, 1.82) is 5.41 Å². The van der Waals surface area contributed by atoms with Gasteiger partial charge in [-0.05, 0) is 18.9 Å². The molecule has 0 radical (unpaired) electrons. The van der Waals surface area contributed by atoms with E-state index in [4.69, 9.17) is 5.41 Å². The number of nitrogens with one attached hydrogen (secondary N) is 4. The largest absolute Gasteiger partial charge is 0.350 e. The first-order valence-electron chi connectivity index (χ1n) is 9.53. The van der Waals surface area contributed by atoms with Gasteiger partial charge in [-0.3, -0.25) is 19.2 Å². The van der Waals surface area contributed by atoms with Gasteiger partial charge >= 0.3 is 0 Å². The summed E-state index contributed by atoms with van der Waals surface area (Å²) < 4.78 is 23.2. The zero-order chi connectivity index (χ0) is 23.6. The maximum atomic E-state index is 12.7. The van der Waals surface area contributed by atoms with Crippen LogP contribution in [-0.4, -0.2) is 62.2 Å². The number of aryl methyl sites for hydroxylation is 1. The summed E-state index contributed by atoms with van der Waals surface area (Å²) in [6.07, 6.45) is 1.28. The van der Waals surface area contributed by atoms with Gasteiger partial charge in [-0.25, -0.2) is 8.42 Å². The quantitative estimate of drug-likeness (QED) is 0.317. The SMILES string of the molecule is CC(=O)N[C@@H](CS(C)(=O)=O)C(=O)N[C@@H](CCC(=O)C=N)C(=O)NCc1ccc(C)cc1. The highest BCUT2D eigenvalue weighted by Crippen LogP contribution is 2.05. The van der Waals surface area contributed by atoms with Gasteiger partial charge in [0.15, 0.2) is 5.78 Å². The number of amides is 3. The van der Waals surface area contributed by atoms with Gasteiger partial charge in [-0.2, -0.15) is 0 Å². The van der Waals surface area contributed by atoms with Crippen LogP contribution in [0.25, 0.3) is 0 Å². The lowest BCUT2D eigenvalue weighted by molar-refractivity contribution is -0.131. The number of sulfone groups is 1. The number of ketones is 1. The van der Waals surface area contributed by atoms with Crippen LogP contribution in [0.15, 0.2) is 24.3 Å². The fraction of sp³-hybridized carbons (Fsp3) is 0.450. The van der Waals surface area contributed by atoms with E-state index in [0.717, 1.165) is 24.3 Å².